The predicted molar refractivity (Wildman–Crippen MR) is 66.0 cm³/mol. The Bertz CT molecular complexity index is 290. The summed E-state index contributed by atoms with van der Waals surface area (Å²) < 4.78 is 25.5. The summed E-state index contributed by atoms with van der Waals surface area (Å²) in [4.78, 5) is 2.08. The van der Waals surface area contributed by atoms with E-state index in [1.807, 2.05) is 14.1 Å². The lowest BCUT2D eigenvalue weighted by Gasteiger charge is -2.25. The van der Waals surface area contributed by atoms with Gasteiger partial charge in [0.15, 0.2) is 0 Å². The van der Waals surface area contributed by atoms with E-state index < -0.39 is 10.0 Å². The van der Waals surface area contributed by atoms with Crippen LogP contribution in [0.1, 0.15) is 12.8 Å². The molecule has 6 heteroatoms. The van der Waals surface area contributed by atoms with Gasteiger partial charge in [-0.05, 0) is 40.0 Å². The Morgan fingerprint density at radius 3 is 2.75 bits per heavy atom. The molecule has 1 heterocycles. The van der Waals surface area contributed by atoms with Crippen LogP contribution in [0.4, 0.5) is 0 Å². The monoisotopic (exact) mass is 249 g/mol. The molecule has 0 aromatic rings. The smallest absolute Gasteiger partial charge is 0.215 e. The van der Waals surface area contributed by atoms with Gasteiger partial charge < -0.3 is 10.2 Å². The van der Waals surface area contributed by atoms with Gasteiger partial charge in [0.05, 0.1) is 5.75 Å². The molecular weight excluding hydrogens is 226 g/mol. The highest BCUT2D eigenvalue weighted by atomic mass is 32.2. The van der Waals surface area contributed by atoms with Gasteiger partial charge in [0.2, 0.25) is 10.0 Å². The van der Waals surface area contributed by atoms with E-state index in [4.69, 9.17) is 0 Å². The van der Waals surface area contributed by atoms with Crippen LogP contribution in [0.3, 0.4) is 0 Å². The Morgan fingerprint density at radius 1 is 1.31 bits per heavy atom. The molecule has 1 fully saturated rings. The lowest BCUT2D eigenvalue weighted by Crippen LogP contribution is -2.41. The number of hydrogen-bond acceptors (Lipinski definition) is 4. The first-order valence-corrected chi connectivity index (χ1v) is 7.46. The minimum absolute atomic E-state index is 0.231. The van der Waals surface area contributed by atoms with Gasteiger partial charge in [0.25, 0.3) is 0 Å². The maximum Gasteiger partial charge on any atom is 0.215 e. The molecule has 96 valence electrons. The summed E-state index contributed by atoms with van der Waals surface area (Å²) in [6.45, 7) is 3.74. The lowest BCUT2D eigenvalue weighted by atomic mass is 10.3. The molecule has 0 aromatic heterocycles. The minimum Gasteiger partial charge on any atom is -0.316 e. The number of hydrogen-bond donors (Lipinski definition) is 1. The molecule has 0 amide bonds. The molecule has 0 radical (unpaired) electrons. The second-order valence-electron chi connectivity index (χ2n) is 4.48. The van der Waals surface area contributed by atoms with Gasteiger partial charge in [-0.1, -0.05) is 0 Å². The highest BCUT2D eigenvalue weighted by molar-refractivity contribution is 7.89. The predicted octanol–water partition coefficient (Wildman–Crippen LogP) is -0.437. The third-order valence-corrected chi connectivity index (χ3v) is 4.58. The van der Waals surface area contributed by atoms with E-state index in [9.17, 15) is 8.42 Å². The highest BCUT2D eigenvalue weighted by Crippen LogP contribution is 2.06. The topological polar surface area (TPSA) is 52.6 Å². The van der Waals surface area contributed by atoms with Crippen molar-refractivity contribution in [1.29, 1.82) is 0 Å². The Kier molecular flexibility index (Phi) is 5.68. The maximum absolute atomic E-state index is 11.9. The van der Waals surface area contributed by atoms with E-state index >= 15 is 0 Å². The molecule has 1 aliphatic heterocycles. The van der Waals surface area contributed by atoms with Crippen molar-refractivity contribution in [3.8, 4) is 0 Å². The fraction of sp³-hybridized carbons (Fsp3) is 1.00. The van der Waals surface area contributed by atoms with Crippen LogP contribution in [0.2, 0.25) is 0 Å². The summed E-state index contributed by atoms with van der Waals surface area (Å²) in [6, 6.07) is 0. The third kappa shape index (κ3) is 4.78. The molecule has 1 rings (SSSR count). The van der Waals surface area contributed by atoms with Crippen LogP contribution in [0.25, 0.3) is 0 Å². The van der Waals surface area contributed by atoms with E-state index in [0.717, 1.165) is 25.9 Å². The summed E-state index contributed by atoms with van der Waals surface area (Å²) in [6.07, 6.45) is 1.81. The average molecular weight is 249 g/mol. The molecule has 0 atom stereocenters. The normalized spacial score (nSPS) is 22.9. The van der Waals surface area contributed by atoms with E-state index in [0.29, 0.717) is 19.6 Å². The van der Waals surface area contributed by atoms with Crippen molar-refractivity contribution in [1.82, 2.24) is 14.5 Å². The molecule has 0 aromatic carbocycles. The molecular formula is C10H23N3O2S. The Hall–Kier alpha value is -0.170. The van der Waals surface area contributed by atoms with Crippen molar-refractivity contribution in [2.45, 2.75) is 12.8 Å². The molecule has 1 saturated heterocycles. The second-order valence-corrected chi connectivity index (χ2v) is 6.56. The fourth-order valence-corrected chi connectivity index (χ4v) is 3.26. The van der Waals surface area contributed by atoms with Crippen LogP contribution in [0, 0.1) is 0 Å². The molecule has 1 N–H and O–H groups in total. The zero-order valence-electron chi connectivity index (χ0n) is 10.3. The molecule has 0 spiro atoms. The van der Waals surface area contributed by atoms with E-state index in [2.05, 4.69) is 10.2 Å². The Labute approximate surface area is 98.8 Å². The van der Waals surface area contributed by atoms with Gasteiger partial charge in [-0.25, -0.2) is 12.7 Å². The molecule has 0 bridgehead atoms. The summed E-state index contributed by atoms with van der Waals surface area (Å²) in [5.74, 6) is 0.231. The molecule has 16 heavy (non-hydrogen) atoms. The van der Waals surface area contributed by atoms with Crippen molar-refractivity contribution in [2.24, 2.45) is 0 Å². The Morgan fingerprint density at radius 2 is 2.06 bits per heavy atom. The lowest BCUT2D eigenvalue weighted by molar-refractivity contribution is 0.342. The van der Waals surface area contributed by atoms with Crippen molar-refractivity contribution >= 4 is 10.0 Å². The molecule has 1 aliphatic rings. The zero-order valence-corrected chi connectivity index (χ0v) is 11.1. The highest BCUT2D eigenvalue weighted by Gasteiger charge is 2.22. The van der Waals surface area contributed by atoms with Gasteiger partial charge in [0.1, 0.15) is 0 Å². The minimum atomic E-state index is -3.03. The molecule has 0 unspecified atom stereocenters. The summed E-state index contributed by atoms with van der Waals surface area (Å²) in [5.41, 5.74) is 0. The van der Waals surface area contributed by atoms with Crippen LogP contribution in [0.15, 0.2) is 0 Å². The van der Waals surface area contributed by atoms with Gasteiger partial charge >= 0.3 is 0 Å². The number of nitrogens with one attached hydrogen (secondary N) is 1. The average Bonchev–Trinajstić information content (AvgIpc) is 2.17. The van der Waals surface area contributed by atoms with Gasteiger partial charge in [-0.3, -0.25) is 0 Å². The quantitative estimate of drug-likeness (QED) is 0.734. The van der Waals surface area contributed by atoms with E-state index in [1.165, 1.54) is 0 Å². The van der Waals surface area contributed by atoms with Crippen LogP contribution in [-0.2, 0) is 10.0 Å². The maximum atomic E-state index is 11.9. The summed E-state index contributed by atoms with van der Waals surface area (Å²) in [7, 11) is 0.983. The molecule has 0 aliphatic carbocycles. The third-order valence-electron chi connectivity index (χ3n) is 2.70. The first kappa shape index (κ1) is 13.9. The molecule has 5 nitrogen and oxygen atoms in total. The largest absolute Gasteiger partial charge is 0.316 e. The number of nitrogens with zero attached hydrogens (tertiary/aromatic N) is 2. The van der Waals surface area contributed by atoms with Crippen molar-refractivity contribution < 1.29 is 8.42 Å². The first-order chi connectivity index (χ1) is 7.52. The van der Waals surface area contributed by atoms with Crippen LogP contribution >= 0.6 is 0 Å². The first-order valence-electron chi connectivity index (χ1n) is 5.85. The second kappa shape index (κ2) is 6.54. The van der Waals surface area contributed by atoms with Crippen molar-refractivity contribution in [2.75, 3.05) is 52.6 Å². The SMILES string of the molecule is CN(C)CCCN1CCCNCCS1(=O)=O. The van der Waals surface area contributed by atoms with Gasteiger partial charge in [-0.15, -0.1) is 0 Å². The van der Waals surface area contributed by atoms with Crippen LogP contribution < -0.4 is 5.32 Å². The van der Waals surface area contributed by atoms with E-state index in [-0.39, 0.29) is 5.75 Å². The fourth-order valence-electron chi connectivity index (χ4n) is 1.79. The van der Waals surface area contributed by atoms with Gasteiger partial charge in [0, 0.05) is 19.6 Å². The number of sulfonamides is 1. The summed E-state index contributed by atoms with van der Waals surface area (Å²) >= 11 is 0. The Balaban J connectivity index is 2.46. The number of rotatable bonds is 4. The van der Waals surface area contributed by atoms with E-state index in [1.54, 1.807) is 4.31 Å². The van der Waals surface area contributed by atoms with Crippen LogP contribution in [0.5, 0.6) is 0 Å². The molecule has 0 saturated carbocycles. The summed E-state index contributed by atoms with van der Waals surface area (Å²) in [5, 5.41) is 3.12. The van der Waals surface area contributed by atoms with Gasteiger partial charge in [-0.2, -0.15) is 0 Å². The van der Waals surface area contributed by atoms with Crippen LogP contribution in [-0.4, -0.2) is 70.2 Å². The standard InChI is InChI=1S/C10H23N3O2S/c1-12(2)7-4-9-13-8-3-5-11-6-10-16(13,14)15/h11H,3-10H2,1-2H3. The zero-order chi connectivity index (χ0) is 12.0. The van der Waals surface area contributed by atoms with Crippen molar-refractivity contribution in [3.05, 3.63) is 0 Å². The van der Waals surface area contributed by atoms with Crippen molar-refractivity contribution in [3.63, 3.8) is 0 Å².